The van der Waals surface area contributed by atoms with E-state index in [9.17, 15) is 14.7 Å². The Balaban J connectivity index is 1.76. The van der Waals surface area contributed by atoms with Crippen LogP contribution in [0.15, 0.2) is 18.2 Å². The number of rotatable bonds is 5. The van der Waals surface area contributed by atoms with Crippen LogP contribution in [0.3, 0.4) is 0 Å². The number of amides is 2. The number of aryl methyl sites for hydroxylation is 2. The zero-order valence-electron chi connectivity index (χ0n) is 13.2. The van der Waals surface area contributed by atoms with E-state index in [1.807, 2.05) is 19.9 Å². The Bertz CT molecular complexity index is 537. The van der Waals surface area contributed by atoms with Gasteiger partial charge in [-0.25, -0.2) is 0 Å². The Kier molecular flexibility index (Phi) is 5.55. The number of hydrogen-bond donors (Lipinski definition) is 3. The monoisotopic (exact) mass is 304 g/mol. The average Bonchev–Trinajstić information content (AvgIpc) is 2.86. The molecule has 1 fully saturated rings. The summed E-state index contributed by atoms with van der Waals surface area (Å²) in [4.78, 5) is 23.8. The molecule has 0 bridgehead atoms. The van der Waals surface area contributed by atoms with Crippen LogP contribution in [0.4, 0.5) is 0 Å². The summed E-state index contributed by atoms with van der Waals surface area (Å²) in [6, 6.07) is 5.60. The Morgan fingerprint density at radius 3 is 2.41 bits per heavy atom. The normalized spacial score (nSPS) is 20.7. The topological polar surface area (TPSA) is 78.4 Å². The second-order valence-electron chi connectivity index (χ2n) is 6.12. The summed E-state index contributed by atoms with van der Waals surface area (Å²) in [6.45, 7) is 4.29. The van der Waals surface area contributed by atoms with E-state index in [2.05, 4.69) is 10.6 Å². The minimum atomic E-state index is -0.315. The molecule has 1 aromatic carbocycles. The quantitative estimate of drug-likeness (QED) is 0.767. The molecule has 3 N–H and O–H groups in total. The SMILES string of the molecule is Cc1cc(C)cc(C(=O)NCC(=O)NCC2CCCC2O)c1. The minimum absolute atomic E-state index is 0.0470. The summed E-state index contributed by atoms with van der Waals surface area (Å²) >= 11 is 0. The lowest BCUT2D eigenvalue weighted by atomic mass is 10.1. The number of nitrogens with one attached hydrogen (secondary N) is 2. The van der Waals surface area contributed by atoms with Crippen LogP contribution in [0.1, 0.15) is 40.7 Å². The van der Waals surface area contributed by atoms with Gasteiger partial charge in [-0.15, -0.1) is 0 Å². The first kappa shape index (κ1) is 16.5. The molecule has 120 valence electrons. The third-order valence-electron chi connectivity index (χ3n) is 4.07. The highest BCUT2D eigenvalue weighted by Gasteiger charge is 2.25. The van der Waals surface area contributed by atoms with Gasteiger partial charge in [0.1, 0.15) is 0 Å². The van der Waals surface area contributed by atoms with Crippen LogP contribution in [0.25, 0.3) is 0 Å². The van der Waals surface area contributed by atoms with Crippen LogP contribution in [0.2, 0.25) is 0 Å². The highest BCUT2D eigenvalue weighted by molar-refractivity contribution is 5.96. The van der Waals surface area contributed by atoms with Gasteiger partial charge in [0, 0.05) is 18.0 Å². The Morgan fingerprint density at radius 2 is 1.82 bits per heavy atom. The average molecular weight is 304 g/mol. The number of benzene rings is 1. The van der Waals surface area contributed by atoms with Gasteiger partial charge in [0.25, 0.3) is 5.91 Å². The van der Waals surface area contributed by atoms with Crippen molar-refractivity contribution in [3.05, 3.63) is 34.9 Å². The molecule has 0 heterocycles. The molecule has 0 aromatic heterocycles. The predicted octanol–water partition coefficient (Wildman–Crippen LogP) is 1.31. The van der Waals surface area contributed by atoms with Crippen molar-refractivity contribution < 1.29 is 14.7 Å². The second kappa shape index (κ2) is 7.40. The standard InChI is InChI=1S/C17H24N2O3/c1-11-6-12(2)8-14(7-11)17(22)19-10-16(21)18-9-13-4-3-5-15(13)20/h6-8,13,15,20H,3-5,9-10H2,1-2H3,(H,18,21)(H,19,22). The van der Waals surface area contributed by atoms with Crippen LogP contribution in [0.5, 0.6) is 0 Å². The van der Waals surface area contributed by atoms with Crippen molar-refractivity contribution in [2.75, 3.05) is 13.1 Å². The maximum atomic E-state index is 12.0. The molecule has 2 rings (SSSR count). The van der Waals surface area contributed by atoms with Gasteiger partial charge in [0.2, 0.25) is 5.91 Å². The summed E-state index contributed by atoms with van der Waals surface area (Å²) in [6.07, 6.45) is 2.44. The van der Waals surface area contributed by atoms with E-state index < -0.39 is 0 Å². The smallest absolute Gasteiger partial charge is 0.251 e. The van der Waals surface area contributed by atoms with Gasteiger partial charge in [-0.1, -0.05) is 23.6 Å². The van der Waals surface area contributed by atoms with E-state index in [4.69, 9.17) is 0 Å². The molecular weight excluding hydrogens is 280 g/mol. The molecule has 0 saturated heterocycles. The molecule has 2 unspecified atom stereocenters. The largest absolute Gasteiger partial charge is 0.393 e. The Labute approximate surface area is 131 Å². The third-order valence-corrected chi connectivity index (χ3v) is 4.07. The predicted molar refractivity (Wildman–Crippen MR) is 84.6 cm³/mol. The van der Waals surface area contributed by atoms with Crippen LogP contribution >= 0.6 is 0 Å². The highest BCUT2D eigenvalue weighted by atomic mass is 16.3. The summed E-state index contributed by atoms with van der Waals surface area (Å²) in [5.41, 5.74) is 2.60. The van der Waals surface area contributed by atoms with E-state index in [-0.39, 0.29) is 30.4 Å². The third kappa shape index (κ3) is 4.56. The first-order chi connectivity index (χ1) is 10.5. The van der Waals surface area contributed by atoms with Crippen LogP contribution < -0.4 is 10.6 Å². The van der Waals surface area contributed by atoms with Crippen LogP contribution in [-0.2, 0) is 4.79 Å². The first-order valence-electron chi connectivity index (χ1n) is 7.77. The van der Waals surface area contributed by atoms with E-state index in [0.29, 0.717) is 12.1 Å². The Morgan fingerprint density at radius 1 is 1.14 bits per heavy atom. The summed E-state index contributed by atoms with van der Waals surface area (Å²) in [5.74, 6) is -0.334. The van der Waals surface area contributed by atoms with Crippen molar-refractivity contribution in [3.63, 3.8) is 0 Å². The van der Waals surface area contributed by atoms with E-state index >= 15 is 0 Å². The van der Waals surface area contributed by atoms with Crippen molar-refractivity contribution in [1.82, 2.24) is 10.6 Å². The molecule has 0 radical (unpaired) electrons. The van der Waals surface area contributed by atoms with Gasteiger partial charge in [-0.05, 0) is 38.8 Å². The van der Waals surface area contributed by atoms with Gasteiger partial charge >= 0.3 is 0 Å². The molecule has 5 heteroatoms. The second-order valence-corrected chi connectivity index (χ2v) is 6.12. The maximum Gasteiger partial charge on any atom is 0.251 e. The number of aliphatic hydroxyl groups is 1. The van der Waals surface area contributed by atoms with Crippen molar-refractivity contribution >= 4 is 11.8 Å². The van der Waals surface area contributed by atoms with Crippen molar-refractivity contribution in [2.45, 2.75) is 39.2 Å². The molecule has 1 aliphatic rings. The fraction of sp³-hybridized carbons (Fsp3) is 0.529. The number of aliphatic hydroxyl groups excluding tert-OH is 1. The summed E-state index contributed by atoms with van der Waals surface area (Å²) in [7, 11) is 0. The fourth-order valence-corrected chi connectivity index (χ4v) is 2.93. The molecule has 1 saturated carbocycles. The van der Waals surface area contributed by atoms with Crippen molar-refractivity contribution in [2.24, 2.45) is 5.92 Å². The highest BCUT2D eigenvalue weighted by Crippen LogP contribution is 2.24. The lowest BCUT2D eigenvalue weighted by Gasteiger charge is -2.15. The van der Waals surface area contributed by atoms with Crippen molar-refractivity contribution in [3.8, 4) is 0 Å². The van der Waals surface area contributed by atoms with Crippen LogP contribution in [-0.4, -0.2) is 36.1 Å². The van der Waals surface area contributed by atoms with Gasteiger partial charge in [0.05, 0.1) is 12.6 Å². The first-order valence-corrected chi connectivity index (χ1v) is 7.77. The van der Waals surface area contributed by atoms with E-state index in [1.54, 1.807) is 12.1 Å². The molecule has 5 nitrogen and oxygen atoms in total. The minimum Gasteiger partial charge on any atom is -0.393 e. The van der Waals surface area contributed by atoms with Gasteiger partial charge in [0.15, 0.2) is 0 Å². The molecule has 1 aliphatic carbocycles. The fourth-order valence-electron chi connectivity index (χ4n) is 2.93. The molecular formula is C17H24N2O3. The molecule has 2 amide bonds. The molecule has 0 spiro atoms. The zero-order valence-corrected chi connectivity index (χ0v) is 13.2. The lowest BCUT2D eigenvalue weighted by Crippen LogP contribution is -2.40. The van der Waals surface area contributed by atoms with Crippen molar-refractivity contribution in [1.29, 1.82) is 0 Å². The number of carbonyl (C=O) groups is 2. The molecule has 0 aliphatic heterocycles. The summed E-state index contributed by atoms with van der Waals surface area (Å²) in [5, 5.41) is 15.1. The number of carbonyl (C=O) groups excluding carboxylic acids is 2. The van der Waals surface area contributed by atoms with Gasteiger partial charge in [-0.2, -0.15) is 0 Å². The maximum absolute atomic E-state index is 12.0. The van der Waals surface area contributed by atoms with Gasteiger partial charge in [-0.3, -0.25) is 9.59 Å². The van der Waals surface area contributed by atoms with E-state index in [1.165, 1.54) is 0 Å². The van der Waals surface area contributed by atoms with Crippen LogP contribution in [0, 0.1) is 19.8 Å². The molecule has 2 atom stereocenters. The Hall–Kier alpha value is -1.88. The number of hydrogen-bond acceptors (Lipinski definition) is 3. The zero-order chi connectivity index (χ0) is 16.1. The molecule has 22 heavy (non-hydrogen) atoms. The lowest BCUT2D eigenvalue weighted by molar-refractivity contribution is -0.120. The van der Waals surface area contributed by atoms with Gasteiger partial charge < -0.3 is 15.7 Å². The summed E-state index contributed by atoms with van der Waals surface area (Å²) < 4.78 is 0. The van der Waals surface area contributed by atoms with E-state index in [0.717, 1.165) is 30.4 Å². The molecule has 1 aromatic rings.